The number of piperidine rings is 1. The first-order chi connectivity index (χ1) is 8.78. The van der Waals surface area contributed by atoms with Gasteiger partial charge in [0.1, 0.15) is 11.9 Å². The minimum Gasteiger partial charge on any atom is -0.490 e. The molecule has 0 radical (unpaired) electrons. The summed E-state index contributed by atoms with van der Waals surface area (Å²) in [7, 11) is 2.17. The van der Waals surface area contributed by atoms with Crippen LogP contribution >= 0.6 is 0 Å². The van der Waals surface area contributed by atoms with E-state index in [4.69, 9.17) is 10.5 Å². The van der Waals surface area contributed by atoms with E-state index in [0.717, 1.165) is 51.1 Å². The Bertz CT molecular complexity index is 359. The number of hydrogen-bond acceptors (Lipinski definition) is 3. The van der Waals surface area contributed by atoms with E-state index in [2.05, 4.69) is 36.2 Å². The molecular formula is C15H24N2O. The molecule has 3 heteroatoms. The predicted octanol–water partition coefficient (Wildman–Crippen LogP) is 2.05. The fraction of sp³-hybridized carbons (Fsp3) is 0.600. The van der Waals surface area contributed by atoms with Crippen LogP contribution in [0.15, 0.2) is 24.3 Å². The lowest BCUT2D eigenvalue weighted by Crippen LogP contribution is -2.35. The summed E-state index contributed by atoms with van der Waals surface area (Å²) in [5.41, 5.74) is 6.87. The lowest BCUT2D eigenvalue weighted by molar-refractivity contribution is 0.114. The second-order valence-corrected chi connectivity index (χ2v) is 5.16. The normalized spacial score (nSPS) is 17.9. The van der Waals surface area contributed by atoms with Crippen molar-refractivity contribution in [3.05, 3.63) is 29.8 Å². The van der Waals surface area contributed by atoms with Crippen molar-refractivity contribution in [2.75, 3.05) is 26.7 Å². The van der Waals surface area contributed by atoms with Crippen LogP contribution in [0.5, 0.6) is 5.75 Å². The zero-order valence-corrected chi connectivity index (χ0v) is 11.3. The lowest BCUT2D eigenvalue weighted by Gasteiger charge is -2.29. The van der Waals surface area contributed by atoms with Crippen molar-refractivity contribution >= 4 is 0 Å². The van der Waals surface area contributed by atoms with Gasteiger partial charge in [-0.25, -0.2) is 0 Å². The summed E-state index contributed by atoms with van der Waals surface area (Å²) in [6.45, 7) is 3.02. The van der Waals surface area contributed by atoms with Gasteiger partial charge in [-0.1, -0.05) is 12.1 Å². The number of benzene rings is 1. The van der Waals surface area contributed by atoms with Gasteiger partial charge in [0, 0.05) is 13.1 Å². The lowest BCUT2D eigenvalue weighted by atomic mass is 10.1. The molecule has 2 rings (SSSR count). The molecule has 2 N–H and O–H groups in total. The number of rotatable bonds is 5. The SMILES string of the molecule is CN1CCC(Oc2cccc(CCCN)c2)CC1. The quantitative estimate of drug-likeness (QED) is 0.866. The van der Waals surface area contributed by atoms with Crippen molar-refractivity contribution in [2.45, 2.75) is 31.8 Å². The van der Waals surface area contributed by atoms with Gasteiger partial charge in [0.25, 0.3) is 0 Å². The summed E-state index contributed by atoms with van der Waals surface area (Å²) in [6, 6.07) is 8.45. The molecule has 1 fully saturated rings. The molecule has 0 bridgehead atoms. The van der Waals surface area contributed by atoms with E-state index in [1.807, 2.05) is 0 Å². The number of nitrogens with zero attached hydrogens (tertiary/aromatic N) is 1. The Labute approximate surface area is 110 Å². The Balaban J connectivity index is 1.88. The molecule has 0 spiro atoms. The molecule has 1 aliphatic rings. The summed E-state index contributed by atoms with van der Waals surface area (Å²) in [4.78, 5) is 2.36. The number of likely N-dealkylation sites (tertiary alicyclic amines) is 1. The maximum Gasteiger partial charge on any atom is 0.119 e. The molecule has 1 aliphatic heterocycles. The van der Waals surface area contributed by atoms with Crippen molar-refractivity contribution in [2.24, 2.45) is 5.73 Å². The van der Waals surface area contributed by atoms with Gasteiger partial charge in [-0.3, -0.25) is 0 Å². The van der Waals surface area contributed by atoms with Crippen LogP contribution in [0, 0.1) is 0 Å². The third-order valence-electron chi connectivity index (χ3n) is 3.54. The van der Waals surface area contributed by atoms with E-state index in [1.54, 1.807) is 0 Å². The highest BCUT2D eigenvalue weighted by Crippen LogP contribution is 2.20. The summed E-state index contributed by atoms with van der Waals surface area (Å²) in [5.74, 6) is 1.01. The highest BCUT2D eigenvalue weighted by Gasteiger charge is 2.17. The Kier molecular flexibility index (Phi) is 5.02. The minimum atomic E-state index is 0.381. The van der Waals surface area contributed by atoms with Crippen molar-refractivity contribution < 1.29 is 4.74 Å². The molecule has 1 aromatic carbocycles. The van der Waals surface area contributed by atoms with Gasteiger partial charge in [-0.15, -0.1) is 0 Å². The molecule has 1 aromatic rings. The Hall–Kier alpha value is -1.06. The first-order valence-corrected chi connectivity index (χ1v) is 6.92. The topological polar surface area (TPSA) is 38.5 Å². The second-order valence-electron chi connectivity index (χ2n) is 5.16. The molecule has 0 unspecified atom stereocenters. The smallest absolute Gasteiger partial charge is 0.119 e. The largest absolute Gasteiger partial charge is 0.490 e. The predicted molar refractivity (Wildman–Crippen MR) is 75.0 cm³/mol. The number of aryl methyl sites for hydroxylation is 1. The highest BCUT2D eigenvalue weighted by atomic mass is 16.5. The molecule has 0 amide bonds. The van der Waals surface area contributed by atoms with Crippen LogP contribution in [0.3, 0.4) is 0 Å². The molecule has 18 heavy (non-hydrogen) atoms. The van der Waals surface area contributed by atoms with E-state index >= 15 is 0 Å². The fourth-order valence-corrected chi connectivity index (χ4v) is 2.38. The maximum atomic E-state index is 6.07. The van der Waals surface area contributed by atoms with Crippen molar-refractivity contribution in [3.63, 3.8) is 0 Å². The van der Waals surface area contributed by atoms with Crippen LogP contribution in [-0.4, -0.2) is 37.7 Å². The van der Waals surface area contributed by atoms with E-state index in [0.29, 0.717) is 6.10 Å². The molecule has 0 aliphatic carbocycles. The Morgan fingerprint density at radius 2 is 2.11 bits per heavy atom. The van der Waals surface area contributed by atoms with Gasteiger partial charge < -0.3 is 15.4 Å². The molecule has 0 atom stereocenters. The van der Waals surface area contributed by atoms with Crippen LogP contribution in [0.25, 0.3) is 0 Å². The maximum absolute atomic E-state index is 6.07. The zero-order chi connectivity index (χ0) is 12.8. The van der Waals surface area contributed by atoms with E-state index in [9.17, 15) is 0 Å². The van der Waals surface area contributed by atoms with Crippen LogP contribution in [0.1, 0.15) is 24.8 Å². The van der Waals surface area contributed by atoms with Crippen molar-refractivity contribution in [3.8, 4) is 5.75 Å². The Morgan fingerprint density at radius 3 is 2.83 bits per heavy atom. The van der Waals surface area contributed by atoms with Crippen LogP contribution in [0.4, 0.5) is 0 Å². The summed E-state index contributed by atoms with van der Waals surface area (Å²) < 4.78 is 6.07. The fourth-order valence-electron chi connectivity index (χ4n) is 2.38. The molecule has 3 nitrogen and oxygen atoms in total. The third-order valence-corrected chi connectivity index (χ3v) is 3.54. The highest BCUT2D eigenvalue weighted by molar-refractivity contribution is 5.28. The van der Waals surface area contributed by atoms with E-state index < -0.39 is 0 Å². The zero-order valence-electron chi connectivity index (χ0n) is 11.3. The third kappa shape index (κ3) is 4.00. The van der Waals surface area contributed by atoms with Gasteiger partial charge >= 0.3 is 0 Å². The molecule has 100 valence electrons. The van der Waals surface area contributed by atoms with Gasteiger partial charge in [-0.2, -0.15) is 0 Å². The molecule has 0 saturated carbocycles. The van der Waals surface area contributed by atoms with E-state index in [1.165, 1.54) is 5.56 Å². The summed E-state index contributed by atoms with van der Waals surface area (Å²) in [6.07, 6.45) is 4.72. The van der Waals surface area contributed by atoms with Gasteiger partial charge in [-0.05, 0) is 57.0 Å². The number of ether oxygens (including phenoxy) is 1. The average Bonchev–Trinajstić information content (AvgIpc) is 2.40. The van der Waals surface area contributed by atoms with Gasteiger partial charge in [0.2, 0.25) is 0 Å². The van der Waals surface area contributed by atoms with Crippen LogP contribution in [0.2, 0.25) is 0 Å². The first-order valence-electron chi connectivity index (χ1n) is 6.92. The summed E-state index contributed by atoms with van der Waals surface area (Å²) >= 11 is 0. The van der Waals surface area contributed by atoms with Crippen molar-refractivity contribution in [1.29, 1.82) is 0 Å². The number of nitrogens with two attached hydrogens (primary N) is 1. The molecule has 1 heterocycles. The molecular weight excluding hydrogens is 224 g/mol. The second kappa shape index (κ2) is 6.76. The summed E-state index contributed by atoms with van der Waals surface area (Å²) in [5, 5.41) is 0. The molecule has 0 aromatic heterocycles. The number of hydrogen-bond donors (Lipinski definition) is 1. The first kappa shape index (κ1) is 13.4. The minimum absolute atomic E-state index is 0.381. The Morgan fingerprint density at radius 1 is 1.33 bits per heavy atom. The van der Waals surface area contributed by atoms with E-state index in [-0.39, 0.29) is 0 Å². The van der Waals surface area contributed by atoms with Crippen LogP contribution < -0.4 is 10.5 Å². The standard InChI is InChI=1S/C15H24N2O/c1-17-10-7-14(8-11-17)18-15-6-2-4-13(12-15)5-3-9-16/h2,4,6,12,14H,3,5,7-11,16H2,1H3. The van der Waals surface area contributed by atoms with Gasteiger partial charge in [0.05, 0.1) is 0 Å². The van der Waals surface area contributed by atoms with Gasteiger partial charge in [0.15, 0.2) is 0 Å². The van der Waals surface area contributed by atoms with Crippen molar-refractivity contribution in [1.82, 2.24) is 4.90 Å². The average molecular weight is 248 g/mol. The monoisotopic (exact) mass is 248 g/mol. The van der Waals surface area contributed by atoms with Crippen LogP contribution in [-0.2, 0) is 6.42 Å². The molecule has 1 saturated heterocycles.